The molecule has 1 unspecified atom stereocenters. The molecule has 1 atom stereocenters. The van der Waals surface area contributed by atoms with E-state index in [9.17, 15) is 5.11 Å². The predicted molar refractivity (Wildman–Crippen MR) is 82.5 cm³/mol. The van der Waals surface area contributed by atoms with Gasteiger partial charge in [-0.05, 0) is 23.1 Å². The third kappa shape index (κ3) is 4.60. The zero-order valence-electron chi connectivity index (χ0n) is 12.7. The number of hydrogen-bond acceptors (Lipinski definition) is 2. The summed E-state index contributed by atoms with van der Waals surface area (Å²) in [6, 6.07) is 6.28. The molecule has 20 heavy (non-hydrogen) atoms. The highest BCUT2D eigenvalue weighted by Crippen LogP contribution is 2.26. The summed E-state index contributed by atoms with van der Waals surface area (Å²) in [7, 11) is 0. The van der Waals surface area contributed by atoms with Crippen LogP contribution in [0.2, 0.25) is 0 Å². The highest BCUT2D eigenvalue weighted by molar-refractivity contribution is 5.34. The molecule has 0 saturated carbocycles. The molecule has 2 rings (SSSR count). The number of fused-ring (bicyclic) bond motifs is 1. The normalized spacial score (nSPS) is 15.3. The summed E-state index contributed by atoms with van der Waals surface area (Å²) < 4.78 is 5.41. The third-order valence-electron chi connectivity index (χ3n) is 4.21. The first kappa shape index (κ1) is 15.5. The van der Waals surface area contributed by atoms with Crippen molar-refractivity contribution in [2.24, 2.45) is 0 Å². The molecule has 1 aromatic rings. The second-order valence-corrected chi connectivity index (χ2v) is 5.95. The minimum Gasteiger partial charge on any atom is -0.388 e. The van der Waals surface area contributed by atoms with Gasteiger partial charge in [-0.1, -0.05) is 70.1 Å². The van der Waals surface area contributed by atoms with Crippen LogP contribution in [0.15, 0.2) is 18.2 Å². The number of aliphatic hydroxyl groups excluding tert-OH is 1. The van der Waals surface area contributed by atoms with Crippen LogP contribution in [0.1, 0.15) is 81.1 Å². The van der Waals surface area contributed by atoms with E-state index in [-0.39, 0.29) is 6.10 Å². The topological polar surface area (TPSA) is 29.5 Å². The van der Waals surface area contributed by atoms with E-state index in [1.807, 2.05) is 0 Å². The standard InChI is InChI=1S/C18H28O2/c1-2-3-4-5-6-7-8-9-18(19)15-10-11-16-13-20-14-17(16)12-15/h10-12,18-19H,2-9,13-14H2,1H3. The Kier molecular flexibility index (Phi) is 6.55. The Morgan fingerprint density at radius 1 is 1.00 bits per heavy atom. The summed E-state index contributed by atoms with van der Waals surface area (Å²) in [6.45, 7) is 3.68. The maximum atomic E-state index is 10.3. The Hall–Kier alpha value is -0.860. The van der Waals surface area contributed by atoms with Crippen molar-refractivity contribution in [2.75, 3.05) is 0 Å². The van der Waals surface area contributed by atoms with Crippen LogP contribution in [0.4, 0.5) is 0 Å². The highest BCUT2D eigenvalue weighted by atomic mass is 16.5. The second-order valence-electron chi connectivity index (χ2n) is 5.95. The van der Waals surface area contributed by atoms with E-state index in [1.54, 1.807) is 0 Å². The molecule has 1 heterocycles. The molecular weight excluding hydrogens is 248 g/mol. The van der Waals surface area contributed by atoms with Gasteiger partial charge in [0.1, 0.15) is 0 Å². The minimum absolute atomic E-state index is 0.309. The van der Waals surface area contributed by atoms with Gasteiger partial charge in [0, 0.05) is 0 Å². The SMILES string of the molecule is CCCCCCCCCC(O)c1ccc2c(c1)COC2. The van der Waals surface area contributed by atoms with Gasteiger partial charge in [0.25, 0.3) is 0 Å². The molecule has 0 aliphatic carbocycles. The highest BCUT2D eigenvalue weighted by Gasteiger charge is 2.14. The summed E-state index contributed by atoms with van der Waals surface area (Å²) in [5, 5.41) is 10.3. The van der Waals surface area contributed by atoms with Crippen LogP contribution in [-0.4, -0.2) is 5.11 Å². The third-order valence-corrected chi connectivity index (χ3v) is 4.21. The maximum Gasteiger partial charge on any atom is 0.0790 e. The molecular formula is C18H28O2. The van der Waals surface area contributed by atoms with Crippen LogP contribution in [0.3, 0.4) is 0 Å². The smallest absolute Gasteiger partial charge is 0.0790 e. The summed E-state index contributed by atoms with van der Waals surface area (Å²) in [4.78, 5) is 0. The zero-order valence-corrected chi connectivity index (χ0v) is 12.7. The molecule has 0 bridgehead atoms. The number of rotatable bonds is 9. The van der Waals surface area contributed by atoms with Crippen molar-refractivity contribution >= 4 is 0 Å². The molecule has 0 spiro atoms. The monoisotopic (exact) mass is 276 g/mol. The number of benzene rings is 1. The molecule has 1 N–H and O–H groups in total. The zero-order chi connectivity index (χ0) is 14.2. The van der Waals surface area contributed by atoms with Crippen molar-refractivity contribution in [3.05, 3.63) is 34.9 Å². The molecule has 0 aromatic heterocycles. The summed E-state index contributed by atoms with van der Waals surface area (Å²) in [5.74, 6) is 0. The second kappa shape index (κ2) is 8.43. The molecule has 0 saturated heterocycles. The molecule has 1 aliphatic heterocycles. The van der Waals surface area contributed by atoms with Crippen LogP contribution >= 0.6 is 0 Å². The first-order valence-corrected chi connectivity index (χ1v) is 8.18. The number of unbranched alkanes of at least 4 members (excludes halogenated alkanes) is 6. The number of ether oxygens (including phenoxy) is 1. The Balaban J connectivity index is 1.66. The quantitative estimate of drug-likeness (QED) is 0.651. The van der Waals surface area contributed by atoms with E-state index in [2.05, 4.69) is 25.1 Å². The van der Waals surface area contributed by atoms with Crippen LogP contribution in [0.5, 0.6) is 0 Å². The van der Waals surface area contributed by atoms with Gasteiger partial charge in [-0.15, -0.1) is 0 Å². The lowest BCUT2D eigenvalue weighted by atomic mass is 9.98. The van der Waals surface area contributed by atoms with E-state index in [0.717, 1.165) is 25.0 Å². The summed E-state index contributed by atoms with van der Waals surface area (Å²) >= 11 is 0. The average Bonchev–Trinajstić information content (AvgIpc) is 2.93. The van der Waals surface area contributed by atoms with Gasteiger partial charge in [0.2, 0.25) is 0 Å². The van der Waals surface area contributed by atoms with Crippen LogP contribution in [-0.2, 0) is 18.0 Å². The maximum absolute atomic E-state index is 10.3. The molecule has 2 heteroatoms. The van der Waals surface area contributed by atoms with Crippen molar-refractivity contribution in [1.29, 1.82) is 0 Å². The van der Waals surface area contributed by atoms with Gasteiger partial charge in [0.05, 0.1) is 19.3 Å². The van der Waals surface area contributed by atoms with Crippen LogP contribution in [0, 0.1) is 0 Å². The Bertz CT molecular complexity index is 400. The Morgan fingerprint density at radius 2 is 1.70 bits per heavy atom. The van der Waals surface area contributed by atoms with Crippen molar-refractivity contribution in [2.45, 2.75) is 77.6 Å². The lowest BCUT2D eigenvalue weighted by Gasteiger charge is -2.12. The van der Waals surface area contributed by atoms with Crippen molar-refractivity contribution < 1.29 is 9.84 Å². The van der Waals surface area contributed by atoms with E-state index in [0.29, 0.717) is 6.61 Å². The Morgan fingerprint density at radius 3 is 2.50 bits per heavy atom. The van der Waals surface area contributed by atoms with Crippen molar-refractivity contribution in [3.8, 4) is 0 Å². The first-order valence-electron chi connectivity index (χ1n) is 8.18. The average molecular weight is 276 g/mol. The van der Waals surface area contributed by atoms with Gasteiger partial charge >= 0.3 is 0 Å². The molecule has 1 aromatic carbocycles. The molecule has 0 radical (unpaired) electrons. The summed E-state index contributed by atoms with van der Waals surface area (Å²) in [6.07, 6.45) is 9.63. The van der Waals surface area contributed by atoms with E-state index < -0.39 is 0 Å². The molecule has 2 nitrogen and oxygen atoms in total. The van der Waals surface area contributed by atoms with E-state index in [4.69, 9.17) is 4.74 Å². The molecule has 112 valence electrons. The fourth-order valence-corrected chi connectivity index (χ4v) is 2.86. The molecule has 1 aliphatic rings. The summed E-state index contributed by atoms with van der Waals surface area (Å²) in [5.41, 5.74) is 3.58. The number of hydrogen-bond donors (Lipinski definition) is 1. The van der Waals surface area contributed by atoms with Gasteiger partial charge in [-0.3, -0.25) is 0 Å². The lowest BCUT2D eigenvalue weighted by molar-refractivity contribution is 0.134. The largest absolute Gasteiger partial charge is 0.388 e. The minimum atomic E-state index is -0.309. The lowest BCUT2D eigenvalue weighted by Crippen LogP contribution is -1.99. The predicted octanol–water partition coefficient (Wildman–Crippen LogP) is 4.89. The molecule has 0 amide bonds. The molecule has 0 fully saturated rings. The van der Waals surface area contributed by atoms with Crippen LogP contribution < -0.4 is 0 Å². The van der Waals surface area contributed by atoms with Gasteiger partial charge in [0.15, 0.2) is 0 Å². The fraction of sp³-hybridized carbons (Fsp3) is 0.667. The van der Waals surface area contributed by atoms with Crippen LogP contribution in [0.25, 0.3) is 0 Å². The van der Waals surface area contributed by atoms with Crippen molar-refractivity contribution in [3.63, 3.8) is 0 Å². The Labute approximate surface area is 123 Å². The fourth-order valence-electron chi connectivity index (χ4n) is 2.86. The van der Waals surface area contributed by atoms with Gasteiger partial charge < -0.3 is 9.84 Å². The first-order chi connectivity index (χ1) is 9.81. The van der Waals surface area contributed by atoms with E-state index >= 15 is 0 Å². The number of aliphatic hydroxyl groups is 1. The van der Waals surface area contributed by atoms with Gasteiger partial charge in [-0.2, -0.15) is 0 Å². The van der Waals surface area contributed by atoms with E-state index in [1.165, 1.54) is 49.7 Å². The van der Waals surface area contributed by atoms with Crippen molar-refractivity contribution in [1.82, 2.24) is 0 Å². The van der Waals surface area contributed by atoms with Gasteiger partial charge in [-0.25, -0.2) is 0 Å².